The molecule has 5 heterocycles. The van der Waals surface area contributed by atoms with Crippen LogP contribution in [0.1, 0.15) is 38.2 Å². The second-order valence-electron chi connectivity index (χ2n) is 11.0. The summed E-state index contributed by atoms with van der Waals surface area (Å²) in [6, 6.07) is 12.7. The van der Waals surface area contributed by atoms with Crippen LogP contribution in [0, 0.1) is 0 Å². The quantitative estimate of drug-likeness (QED) is 0.371. The predicted molar refractivity (Wildman–Crippen MR) is 151 cm³/mol. The molecule has 3 aliphatic heterocycles. The summed E-state index contributed by atoms with van der Waals surface area (Å²) in [5.41, 5.74) is 3.74. The van der Waals surface area contributed by atoms with E-state index < -0.39 is 0 Å². The molecule has 3 aliphatic rings. The number of fused-ring (bicyclic) bond motifs is 4. The van der Waals surface area contributed by atoms with E-state index in [1.54, 1.807) is 6.07 Å². The fraction of sp³-hybridized carbons (Fsp3) is 0.433. The van der Waals surface area contributed by atoms with Crippen molar-refractivity contribution in [3.63, 3.8) is 0 Å². The number of rotatable bonds is 5. The maximum atomic E-state index is 10.6. The fourth-order valence-electron chi connectivity index (χ4n) is 6.80. The molecule has 0 saturated carbocycles. The van der Waals surface area contributed by atoms with Crippen molar-refractivity contribution in [1.82, 2.24) is 20.3 Å². The molecule has 2 unspecified atom stereocenters. The van der Waals surface area contributed by atoms with Crippen LogP contribution in [-0.2, 0) is 6.42 Å². The van der Waals surface area contributed by atoms with Crippen LogP contribution in [0.4, 0.5) is 11.8 Å². The van der Waals surface area contributed by atoms with E-state index in [1.165, 1.54) is 12.8 Å². The summed E-state index contributed by atoms with van der Waals surface area (Å²) < 4.78 is 0. The third kappa shape index (κ3) is 3.85. The van der Waals surface area contributed by atoms with Crippen molar-refractivity contribution >= 4 is 33.4 Å². The highest BCUT2D eigenvalue weighted by Crippen LogP contribution is 2.39. The first-order valence-corrected chi connectivity index (χ1v) is 13.9. The summed E-state index contributed by atoms with van der Waals surface area (Å²) in [6.45, 7) is 4.94. The van der Waals surface area contributed by atoms with Gasteiger partial charge in [-0.2, -0.15) is 4.98 Å². The first-order chi connectivity index (χ1) is 18.6. The Balaban J connectivity index is 1.46. The molecule has 0 amide bonds. The number of phenolic OH excluding ortho intramolecular Hbond substituents is 1. The predicted octanol–water partition coefficient (Wildman–Crippen LogP) is 4.01. The second-order valence-corrected chi connectivity index (χ2v) is 11.0. The highest BCUT2D eigenvalue weighted by atomic mass is 16.3. The van der Waals surface area contributed by atoms with Crippen molar-refractivity contribution in [3.05, 3.63) is 48.2 Å². The van der Waals surface area contributed by atoms with Gasteiger partial charge in [-0.05, 0) is 55.0 Å². The van der Waals surface area contributed by atoms with Crippen molar-refractivity contribution in [1.29, 1.82) is 0 Å². The van der Waals surface area contributed by atoms with E-state index in [2.05, 4.69) is 28.1 Å². The highest BCUT2D eigenvalue weighted by Gasteiger charge is 2.35. The van der Waals surface area contributed by atoms with Crippen LogP contribution < -0.4 is 15.1 Å². The minimum Gasteiger partial charge on any atom is -0.508 e. The molecule has 0 radical (unpaired) electrons. The number of piperazine rings is 1. The monoisotopic (exact) mass is 510 g/mol. The Morgan fingerprint density at radius 2 is 1.84 bits per heavy atom. The van der Waals surface area contributed by atoms with Crippen LogP contribution in [0.3, 0.4) is 0 Å². The van der Waals surface area contributed by atoms with Gasteiger partial charge < -0.3 is 25.3 Å². The average molecular weight is 511 g/mol. The Morgan fingerprint density at radius 3 is 2.63 bits per heavy atom. The molecule has 2 bridgehead atoms. The van der Waals surface area contributed by atoms with Crippen molar-refractivity contribution in [2.24, 2.45) is 0 Å². The minimum absolute atomic E-state index is 0.0425. The number of aromatic hydroxyl groups is 1. The van der Waals surface area contributed by atoms with Gasteiger partial charge in [-0.15, -0.1) is 0 Å². The van der Waals surface area contributed by atoms with E-state index in [1.807, 2.05) is 30.5 Å². The number of nitrogens with zero attached hydrogens (tertiary/aromatic N) is 5. The largest absolute Gasteiger partial charge is 0.508 e. The van der Waals surface area contributed by atoms with Gasteiger partial charge in [0.2, 0.25) is 5.95 Å². The molecule has 8 heteroatoms. The summed E-state index contributed by atoms with van der Waals surface area (Å²) in [5, 5.41) is 27.4. The van der Waals surface area contributed by atoms with Gasteiger partial charge in [-0.1, -0.05) is 31.2 Å². The molecule has 3 N–H and O–H groups in total. The Morgan fingerprint density at radius 1 is 1.03 bits per heavy atom. The van der Waals surface area contributed by atoms with Gasteiger partial charge in [0.1, 0.15) is 11.6 Å². The molecule has 196 valence electrons. The molecule has 0 spiro atoms. The van der Waals surface area contributed by atoms with Crippen LogP contribution in [0.5, 0.6) is 5.75 Å². The average Bonchev–Trinajstić information content (AvgIpc) is 3.56. The number of benzene rings is 2. The normalized spacial score (nSPS) is 23.2. The third-order valence-electron chi connectivity index (χ3n) is 8.62. The molecule has 4 aromatic rings. The minimum atomic E-state index is 0.0425. The summed E-state index contributed by atoms with van der Waals surface area (Å²) >= 11 is 0. The van der Waals surface area contributed by atoms with E-state index in [0.29, 0.717) is 18.0 Å². The van der Waals surface area contributed by atoms with Gasteiger partial charge >= 0.3 is 0 Å². The maximum Gasteiger partial charge on any atom is 0.228 e. The number of aliphatic hydroxyl groups excluding tert-OH is 1. The topological polar surface area (TPSA) is 97.6 Å². The van der Waals surface area contributed by atoms with Crippen LogP contribution in [0.2, 0.25) is 0 Å². The van der Waals surface area contributed by atoms with Crippen molar-refractivity contribution in [3.8, 4) is 17.0 Å². The molecular formula is C30H34N6O2. The van der Waals surface area contributed by atoms with Crippen LogP contribution in [-0.4, -0.2) is 69.5 Å². The number of hydrogen-bond donors (Lipinski definition) is 3. The SMILES string of the molecule is CCc1c(-c2cc(O)cc3ccccc23)ncc2c(N3CC4CCC(C3)N4)nc(N3CCC[C@H]3CO)nc12. The summed E-state index contributed by atoms with van der Waals surface area (Å²) in [7, 11) is 0. The zero-order valence-corrected chi connectivity index (χ0v) is 21.8. The van der Waals surface area contributed by atoms with Crippen LogP contribution in [0.15, 0.2) is 42.6 Å². The standard InChI is InChI=1S/C30H34N6O2/c1-2-23-27(25-13-22(38)12-18-6-3-4-8-24(18)25)31-14-26-28(23)33-30(36-11-5-7-21(36)17-37)34-29(26)35-15-19-9-10-20(16-35)32-19/h3-4,6,8,12-14,19-21,32,37-38H,2,5,7,9-11,15-17H2,1H3/t19?,20?,21-/m0/s1. The first-order valence-electron chi connectivity index (χ1n) is 13.9. The number of anilines is 2. The number of aryl methyl sites for hydroxylation is 1. The van der Waals surface area contributed by atoms with Gasteiger partial charge in [-0.25, -0.2) is 4.98 Å². The van der Waals surface area contributed by atoms with Crippen LogP contribution >= 0.6 is 0 Å². The van der Waals surface area contributed by atoms with Gasteiger partial charge in [0.15, 0.2) is 0 Å². The molecule has 3 saturated heterocycles. The Kier molecular flexibility index (Phi) is 5.82. The zero-order chi connectivity index (χ0) is 25.8. The van der Waals surface area contributed by atoms with Crippen molar-refractivity contribution in [2.75, 3.05) is 36.0 Å². The van der Waals surface area contributed by atoms with E-state index in [-0.39, 0.29) is 18.4 Å². The summed E-state index contributed by atoms with van der Waals surface area (Å²) in [4.78, 5) is 20.0. The zero-order valence-electron chi connectivity index (χ0n) is 21.8. The van der Waals surface area contributed by atoms with Gasteiger partial charge in [0.05, 0.1) is 29.2 Å². The lowest BCUT2D eigenvalue weighted by molar-refractivity contribution is 0.265. The lowest BCUT2D eigenvalue weighted by Gasteiger charge is -2.35. The number of aromatic nitrogens is 3. The Hall–Kier alpha value is -3.49. The van der Waals surface area contributed by atoms with E-state index in [0.717, 1.165) is 83.2 Å². The van der Waals surface area contributed by atoms with Crippen LogP contribution in [0.25, 0.3) is 32.9 Å². The lowest BCUT2D eigenvalue weighted by atomic mass is 9.96. The number of pyridine rings is 1. The Bertz CT molecular complexity index is 1510. The number of phenols is 1. The molecule has 7 rings (SSSR count). The lowest BCUT2D eigenvalue weighted by Crippen LogP contribution is -2.51. The Labute approximate surface area is 222 Å². The molecule has 2 aromatic carbocycles. The first kappa shape index (κ1) is 23.6. The molecule has 3 fully saturated rings. The molecule has 38 heavy (non-hydrogen) atoms. The van der Waals surface area contributed by atoms with E-state index in [4.69, 9.17) is 15.0 Å². The smallest absolute Gasteiger partial charge is 0.228 e. The van der Waals surface area contributed by atoms with Gasteiger partial charge in [0, 0.05) is 49.0 Å². The van der Waals surface area contributed by atoms with E-state index in [9.17, 15) is 10.2 Å². The fourth-order valence-corrected chi connectivity index (χ4v) is 6.80. The highest BCUT2D eigenvalue weighted by molar-refractivity contribution is 6.01. The molecule has 3 atom stereocenters. The number of hydrogen-bond acceptors (Lipinski definition) is 8. The van der Waals surface area contributed by atoms with Crippen molar-refractivity contribution in [2.45, 2.75) is 57.2 Å². The third-order valence-corrected chi connectivity index (χ3v) is 8.62. The van der Waals surface area contributed by atoms with E-state index >= 15 is 0 Å². The van der Waals surface area contributed by atoms with Gasteiger partial charge in [-0.3, -0.25) is 4.98 Å². The van der Waals surface area contributed by atoms with Crippen molar-refractivity contribution < 1.29 is 10.2 Å². The molecule has 0 aliphatic carbocycles. The summed E-state index contributed by atoms with van der Waals surface area (Å²) in [5.74, 6) is 1.87. The summed E-state index contributed by atoms with van der Waals surface area (Å²) in [6.07, 6.45) is 7.04. The number of nitrogens with one attached hydrogen (secondary N) is 1. The maximum absolute atomic E-state index is 10.6. The number of aliphatic hydroxyl groups is 1. The molecule has 8 nitrogen and oxygen atoms in total. The second kappa shape index (κ2) is 9.36. The molecule has 2 aromatic heterocycles. The van der Waals surface area contributed by atoms with Gasteiger partial charge in [0.25, 0.3) is 0 Å². The molecular weight excluding hydrogens is 476 g/mol.